The van der Waals surface area contributed by atoms with Crippen molar-refractivity contribution < 1.29 is 5.11 Å². The van der Waals surface area contributed by atoms with E-state index in [1.165, 1.54) is 38.5 Å². The summed E-state index contributed by atoms with van der Waals surface area (Å²) in [5, 5.41) is 15.1. The Morgan fingerprint density at radius 2 is 2.11 bits per heavy atom. The van der Waals surface area contributed by atoms with E-state index in [0.29, 0.717) is 12.5 Å². The fourth-order valence-corrected chi connectivity index (χ4v) is 3.08. The highest BCUT2D eigenvalue weighted by Crippen LogP contribution is 2.29. The van der Waals surface area contributed by atoms with Crippen molar-refractivity contribution in [1.29, 1.82) is 0 Å². The van der Waals surface area contributed by atoms with Crippen molar-refractivity contribution >= 4 is 0 Å². The normalized spacial score (nSPS) is 19.7. The molecule has 1 unspecified atom stereocenters. The second-order valence-corrected chi connectivity index (χ2v) is 6.36. The van der Waals surface area contributed by atoms with E-state index in [0.717, 1.165) is 18.5 Å². The van der Waals surface area contributed by atoms with Gasteiger partial charge in [0.15, 0.2) is 0 Å². The second kappa shape index (κ2) is 6.56. The van der Waals surface area contributed by atoms with Gasteiger partial charge >= 0.3 is 0 Å². The zero-order chi connectivity index (χ0) is 13.7. The van der Waals surface area contributed by atoms with Gasteiger partial charge in [-0.25, -0.2) is 0 Å². The SMILES string of the molecule is CCCCCC(C)(O)Cc1ccn(C2CCCC2)n1. The lowest BCUT2D eigenvalue weighted by atomic mass is 9.93. The molecule has 1 aliphatic rings. The molecular formula is C16H28N2O. The smallest absolute Gasteiger partial charge is 0.0675 e. The zero-order valence-electron chi connectivity index (χ0n) is 12.4. The molecule has 1 heterocycles. The van der Waals surface area contributed by atoms with Crippen LogP contribution in [0.3, 0.4) is 0 Å². The van der Waals surface area contributed by atoms with Gasteiger partial charge in [0.05, 0.1) is 17.3 Å². The third kappa shape index (κ3) is 4.34. The van der Waals surface area contributed by atoms with Crippen molar-refractivity contribution in [3.8, 4) is 0 Å². The molecule has 0 saturated heterocycles. The maximum absolute atomic E-state index is 10.4. The predicted molar refractivity (Wildman–Crippen MR) is 78.2 cm³/mol. The largest absolute Gasteiger partial charge is 0.390 e. The monoisotopic (exact) mass is 264 g/mol. The minimum atomic E-state index is -0.607. The third-order valence-corrected chi connectivity index (χ3v) is 4.24. The van der Waals surface area contributed by atoms with Gasteiger partial charge in [-0.2, -0.15) is 5.10 Å². The maximum Gasteiger partial charge on any atom is 0.0675 e. The minimum Gasteiger partial charge on any atom is -0.390 e. The van der Waals surface area contributed by atoms with Crippen LogP contribution in [-0.4, -0.2) is 20.5 Å². The Morgan fingerprint density at radius 3 is 2.79 bits per heavy atom. The number of nitrogens with zero attached hydrogens (tertiary/aromatic N) is 2. The van der Waals surface area contributed by atoms with Crippen molar-refractivity contribution in [3.63, 3.8) is 0 Å². The number of rotatable bonds is 7. The summed E-state index contributed by atoms with van der Waals surface area (Å²) < 4.78 is 2.12. The van der Waals surface area contributed by atoms with Crippen LogP contribution in [0.25, 0.3) is 0 Å². The van der Waals surface area contributed by atoms with E-state index < -0.39 is 5.60 Å². The van der Waals surface area contributed by atoms with Crippen molar-refractivity contribution in [2.24, 2.45) is 0 Å². The summed E-state index contributed by atoms with van der Waals surface area (Å²) in [6.45, 7) is 4.13. The molecule has 1 aromatic rings. The molecule has 108 valence electrons. The lowest BCUT2D eigenvalue weighted by Crippen LogP contribution is -2.27. The molecule has 2 rings (SSSR count). The van der Waals surface area contributed by atoms with E-state index in [2.05, 4.69) is 29.0 Å². The van der Waals surface area contributed by atoms with Crippen LogP contribution in [0.5, 0.6) is 0 Å². The van der Waals surface area contributed by atoms with Gasteiger partial charge in [-0.3, -0.25) is 4.68 Å². The van der Waals surface area contributed by atoms with Crippen molar-refractivity contribution in [3.05, 3.63) is 18.0 Å². The van der Waals surface area contributed by atoms with Crippen LogP contribution in [0.1, 0.15) is 76.9 Å². The second-order valence-electron chi connectivity index (χ2n) is 6.36. The molecule has 0 spiro atoms. The van der Waals surface area contributed by atoms with Crippen molar-refractivity contribution in [1.82, 2.24) is 9.78 Å². The Balaban J connectivity index is 1.87. The average Bonchev–Trinajstić information content (AvgIpc) is 2.98. The highest BCUT2D eigenvalue weighted by atomic mass is 16.3. The number of hydrogen-bond donors (Lipinski definition) is 1. The van der Waals surface area contributed by atoms with Gasteiger partial charge in [-0.05, 0) is 32.3 Å². The van der Waals surface area contributed by atoms with Gasteiger partial charge < -0.3 is 5.11 Å². The standard InChI is InChI=1S/C16H28N2O/c1-3-4-7-11-16(2,19)13-14-10-12-18(17-14)15-8-5-6-9-15/h10,12,15,19H,3-9,11,13H2,1-2H3. The Hall–Kier alpha value is -0.830. The van der Waals surface area contributed by atoms with Gasteiger partial charge in [-0.1, -0.05) is 39.0 Å². The fraction of sp³-hybridized carbons (Fsp3) is 0.812. The quantitative estimate of drug-likeness (QED) is 0.759. The van der Waals surface area contributed by atoms with Crippen LogP contribution < -0.4 is 0 Å². The summed E-state index contributed by atoms with van der Waals surface area (Å²) >= 11 is 0. The molecule has 1 atom stereocenters. The van der Waals surface area contributed by atoms with E-state index >= 15 is 0 Å². The van der Waals surface area contributed by atoms with E-state index in [1.807, 2.05) is 6.92 Å². The summed E-state index contributed by atoms with van der Waals surface area (Å²) in [6, 6.07) is 2.67. The Bertz CT molecular complexity index is 378. The van der Waals surface area contributed by atoms with Crippen LogP contribution in [0.2, 0.25) is 0 Å². The molecule has 1 aromatic heterocycles. The van der Waals surface area contributed by atoms with Crippen LogP contribution >= 0.6 is 0 Å². The number of unbranched alkanes of at least 4 members (excludes halogenated alkanes) is 2. The first-order valence-corrected chi connectivity index (χ1v) is 7.87. The molecule has 3 heteroatoms. The molecule has 3 nitrogen and oxygen atoms in total. The summed E-state index contributed by atoms with van der Waals surface area (Å²) in [6.07, 6.45) is 12.3. The van der Waals surface area contributed by atoms with Gasteiger partial charge in [-0.15, -0.1) is 0 Å². The van der Waals surface area contributed by atoms with Crippen molar-refractivity contribution in [2.45, 2.75) is 83.3 Å². The molecule has 1 saturated carbocycles. The lowest BCUT2D eigenvalue weighted by molar-refractivity contribution is 0.0474. The number of hydrogen-bond acceptors (Lipinski definition) is 2. The van der Waals surface area contributed by atoms with Crippen LogP contribution in [-0.2, 0) is 6.42 Å². The predicted octanol–water partition coefficient (Wildman–Crippen LogP) is 3.87. The first-order chi connectivity index (χ1) is 9.11. The summed E-state index contributed by atoms with van der Waals surface area (Å²) in [5.74, 6) is 0. The molecule has 1 aliphatic carbocycles. The van der Waals surface area contributed by atoms with E-state index in [1.54, 1.807) is 0 Å². The summed E-state index contributed by atoms with van der Waals surface area (Å²) in [7, 11) is 0. The van der Waals surface area contributed by atoms with Gasteiger partial charge in [0.25, 0.3) is 0 Å². The minimum absolute atomic E-state index is 0.596. The number of aliphatic hydroxyl groups is 1. The highest BCUT2D eigenvalue weighted by Gasteiger charge is 2.23. The topological polar surface area (TPSA) is 38.0 Å². The van der Waals surface area contributed by atoms with Crippen LogP contribution in [0, 0.1) is 0 Å². The molecule has 0 aliphatic heterocycles. The van der Waals surface area contributed by atoms with Gasteiger partial charge in [0.1, 0.15) is 0 Å². The molecule has 1 N–H and O–H groups in total. The fourth-order valence-electron chi connectivity index (χ4n) is 3.08. The van der Waals surface area contributed by atoms with E-state index in [4.69, 9.17) is 0 Å². The summed E-state index contributed by atoms with van der Waals surface area (Å²) in [4.78, 5) is 0. The molecule has 19 heavy (non-hydrogen) atoms. The van der Waals surface area contributed by atoms with E-state index in [-0.39, 0.29) is 0 Å². The average molecular weight is 264 g/mol. The molecular weight excluding hydrogens is 236 g/mol. The Labute approximate surface area is 117 Å². The molecule has 0 bridgehead atoms. The molecule has 0 aromatic carbocycles. The maximum atomic E-state index is 10.4. The Morgan fingerprint density at radius 1 is 1.37 bits per heavy atom. The zero-order valence-corrected chi connectivity index (χ0v) is 12.4. The van der Waals surface area contributed by atoms with Crippen molar-refractivity contribution in [2.75, 3.05) is 0 Å². The van der Waals surface area contributed by atoms with E-state index in [9.17, 15) is 5.11 Å². The van der Waals surface area contributed by atoms with Crippen LogP contribution in [0.4, 0.5) is 0 Å². The molecule has 1 fully saturated rings. The summed E-state index contributed by atoms with van der Waals surface area (Å²) in [5.41, 5.74) is 0.428. The van der Waals surface area contributed by atoms with Gasteiger partial charge in [0, 0.05) is 12.6 Å². The van der Waals surface area contributed by atoms with Gasteiger partial charge in [0.2, 0.25) is 0 Å². The first-order valence-electron chi connectivity index (χ1n) is 7.87. The first kappa shape index (κ1) is 14.6. The Kier molecular flexibility index (Phi) is 5.03. The number of aromatic nitrogens is 2. The third-order valence-electron chi connectivity index (χ3n) is 4.24. The highest BCUT2D eigenvalue weighted by molar-refractivity contribution is 5.04. The lowest BCUT2D eigenvalue weighted by Gasteiger charge is -2.22. The van der Waals surface area contributed by atoms with Crippen LogP contribution in [0.15, 0.2) is 12.3 Å². The molecule has 0 amide bonds. The molecule has 0 radical (unpaired) electrons.